The number of nitro groups is 1. The van der Waals surface area contributed by atoms with Crippen molar-refractivity contribution in [2.75, 3.05) is 13.1 Å². The second-order valence-electron chi connectivity index (χ2n) is 5.60. The number of phenols is 1. The van der Waals surface area contributed by atoms with E-state index in [1.165, 1.54) is 18.2 Å². The zero-order valence-electron chi connectivity index (χ0n) is 11.4. The minimum Gasteiger partial charge on any atom is -0.502 e. The summed E-state index contributed by atoms with van der Waals surface area (Å²) in [6.07, 6.45) is 6.21. The zero-order chi connectivity index (χ0) is 15.0. The third-order valence-corrected chi connectivity index (χ3v) is 4.35. The van der Waals surface area contributed by atoms with Crippen LogP contribution >= 0.6 is 0 Å². The van der Waals surface area contributed by atoms with Gasteiger partial charge in [-0.15, -0.1) is 0 Å². The third kappa shape index (κ3) is 2.37. The number of hydrogen-bond acceptors (Lipinski definition) is 4. The monoisotopic (exact) mass is 288 g/mol. The highest BCUT2D eigenvalue weighted by atomic mass is 16.6. The fraction of sp³-hybridized carbons (Fsp3) is 0.400. The number of carbonyl (C=O) groups is 1. The second-order valence-corrected chi connectivity index (χ2v) is 5.60. The average molecular weight is 288 g/mol. The lowest BCUT2D eigenvalue weighted by atomic mass is 9.86. The second kappa shape index (κ2) is 5.20. The van der Waals surface area contributed by atoms with Gasteiger partial charge in [0.2, 0.25) is 5.75 Å². The molecule has 3 rings (SSSR count). The summed E-state index contributed by atoms with van der Waals surface area (Å²) in [6.45, 7) is 1.30. The van der Waals surface area contributed by atoms with E-state index in [9.17, 15) is 20.0 Å². The first-order valence-corrected chi connectivity index (χ1v) is 6.98. The smallest absolute Gasteiger partial charge is 0.311 e. The van der Waals surface area contributed by atoms with Gasteiger partial charge >= 0.3 is 5.69 Å². The number of para-hydroxylation sites is 1. The van der Waals surface area contributed by atoms with E-state index in [2.05, 4.69) is 12.2 Å². The number of carbonyl (C=O) groups excluding carboxylic acids is 1. The number of aromatic hydroxyl groups is 1. The van der Waals surface area contributed by atoms with Gasteiger partial charge in [-0.2, -0.15) is 0 Å². The number of benzene rings is 1. The number of likely N-dealkylation sites (tertiary alicyclic amines) is 1. The summed E-state index contributed by atoms with van der Waals surface area (Å²) in [4.78, 5) is 24.4. The Morgan fingerprint density at radius 2 is 1.86 bits per heavy atom. The topological polar surface area (TPSA) is 83.7 Å². The maximum absolute atomic E-state index is 12.5. The lowest BCUT2D eigenvalue weighted by Gasteiger charge is -2.17. The number of amides is 1. The molecular weight excluding hydrogens is 272 g/mol. The normalized spacial score (nSPS) is 23.9. The molecule has 6 heteroatoms. The molecule has 1 aliphatic carbocycles. The fourth-order valence-electron chi connectivity index (χ4n) is 3.20. The summed E-state index contributed by atoms with van der Waals surface area (Å²) < 4.78 is 0. The highest BCUT2D eigenvalue weighted by Crippen LogP contribution is 2.35. The molecule has 2 unspecified atom stereocenters. The molecule has 2 atom stereocenters. The molecule has 6 nitrogen and oxygen atoms in total. The third-order valence-electron chi connectivity index (χ3n) is 4.35. The number of nitrogens with zero attached hydrogens (tertiary/aromatic N) is 2. The van der Waals surface area contributed by atoms with Crippen molar-refractivity contribution in [1.82, 2.24) is 4.90 Å². The first-order chi connectivity index (χ1) is 10.1. The Morgan fingerprint density at radius 1 is 1.24 bits per heavy atom. The summed E-state index contributed by atoms with van der Waals surface area (Å²) in [5.41, 5.74) is -0.421. The lowest BCUT2D eigenvalue weighted by Crippen LogP contribution is -2.29. The van der Waals surface area contributed by atoms with E-state index in [-0.39, 0.29) is 11.5 Å². The van der Waals surface area contributed by atoms with Gasteiger partial charge in [0.1, 0.15) is 0 Å². The molecule has 0 aromatic heterocycles. The van der Waals surface area contributed by atoms with E-state index in [1.54, 1.807) is 4.90 Å². The molecule has 1 saturated heterocycles. The molecule has 0 radical (unpaired) electrons. The maximum atomic E-state index is 12.5. The van der Waals surface area contributed by atoms with Crippen molar-refractivity contribution < 1.29 is 14.8 Å². The van der Waals surface area contributed by atoms with Gasteiger partial charge in [-0.3, -0.25) is 14.9 Å². The van der Waals surface area contributed by atoms with Gasteiger partial charge in [-0.25, -0.2) is 0 Å². The van der Waals surface area contributed by atoms with E-state index in [4.69, 9.17) is 0 Å². The molecule has 0 bridgehead atoms. The first-order valence-electron chi connectivity index (χ1n) is 6.98. The van der Waals surface area contributed by atoms with Crippen LogP contribution in [0.15, 0.2) is 30.4 Å². The number of phenolic OH excluding ortho intramolecular Hbond substituents is 1. The van der Waals surface area contributed by atoms with Crippen molar-refractivity contribution in [3.63, 3.8) is 0 Å². The predicted molar refractivity (Wildman–Crippen MR) is 76.0 cm³/mol. The van der Waals surface area contributed by atoms with Gasteiger partial charge in [-0.05, 0) is 30.7 Å². The van der Waals surface area contributed by atoms with Crippen LogP contribution in [0.2, 0.25) is 0 Å². The van der Waals surface area contributed by atoms with Crippen LogP contribution in [-0.4, -0.2) is 33.9 Å². The number of allylic oxidation sites excluding steroid dienone is 2. The minimum atomic E-state index is -0.681. The lowest BCUT2D eigenvalue weighted by molar-refractivity contribution is -0.385. The number of nitro benzene ring substituents is 1. The minimum absolute atomic E-state index is 0.0100. The quantitative estimate of drug-likeness (QED) is 0.514. The van der Waals surface area contributed by atoms with Crippen LogP contribution in [0.4, 0.5) is 5.69 Å². The summed E-state index contributed by atoms with van der Waals surface area (Å²) >= 11 is 0. The molecule has 110 valence electrons. The summed E-state index contributed by atoms with van der Waals surface area (Å²) in [5.74, 6) is 0.0469. The Labute approximate surface area is 121 Å². The number of fused-ring (bicyclic) bond motifs is 1. The summed E-state index contributed by atoms with van der Waals surface area (Å²) in [7, 11) is 0. The summed E-state index contributed by atoms with van der Waals surface area (Å²) in [6, 6.07) is 4.06. The molecule has 0 saturated carbocycles. The Hall–Kier alpha value is -2.37. The van der Waals surface area contributed by atoms with Crippen molar-refractivity contribution in [2.24, 2.45) is 11.8 Å². The van der Waals surface area contributed by atoms with Gasteiger partial charge in [0, 0.05) is 19.2 Å². The fourth-order valence-corrected chi connectivity index (χ4v) is 3.20. The van der Waals surface area contributed by atoms with Crippen LogP contribution in [0.3, 0.4) is 0 Å². The van der Waals surface area contributed by atoms with E-state index in [0.717, 1.165) is 12.8 Å². The molecule has 2 aliphatic rings. The largest absolute Gasteiger partial charge is 0.502 e. The Bertz CT molecular complexity index is 610. The van der Waals surface area contributed by atoms with Crippen LogP contribution in [0.1, 0.15) is 23.2 Å². The van der Waals surface area contributed by atoms with E-state index in [0.29, 0.717) is 24.9 Å². The first kappa shape index (κ1) is 13.6. The zero-order valence-corrected chi connectivity index (χ0v) is 11.4. The van der Waals surface area contributed by atoms with Crippen molar-refractivity contribution >= 4 is 11.6 Å². The van der Waals surface area contributed by atoms with Gasteiger partial charge in [0.05, 0.1) is 10.5 Å². The molecule has 0 spiro atoms. The standard InChI is InChI=1S/C15H16N2O4/c18-14-12(6-3-7-13(14)17(20)21)15(19)16-8-10-4-1-2-5-11(10)9-16/h1-3,6-7,10-11,18H,4-5,8-9H2. The maximum Gasteiger partial charge on any atom is 0.311 e. The molecule has 1 N–H and O–H groups in total. The molecule has 1 amide bonds. The van der Waals surface area contributed by atoms with E-state index in [1.807, 2.05) is 0 Å². The Morgan fingerprint density at radius 3 is 2.43 bits per heavy atom. The number of hydrogen-bond donors (Lipinski definition) is 1. The Balaban J connectivity index is 1.83. The molecule has 1 heterocycles. The van der Waals surface area contributed by atoms with Crippen LogP contribution in [0.5, 0.6) is 5.75 Å². The average Bonchev–Trinajstić information content (AvgIpc) is 2.90. The van der Waals surface area contributed by atoms with Crippen molar-refractivity contribution in [1.29, 1.82) is 0 Å². The molecule has 1 aliphatic heterocycles. The predicted octanol–water partition coefficient (Wildman–Crippen LogP) is 2.34. The van der Waals surface area contributed by atoms with Gasteiger partial charge < -0.3 is 10.0 Å². The molecule has 21 heavy (non-hydrogen) atoms. The van der Waals surface area contributed by atoms with E-state index >= 15 is 0 Å². The van der Waals surface area contributed by atoms with Gasteiger partial charge in [-0.1, -0.05) is 18.2 Å². The molecule has 1 fully saturated rings. The number of rotatable bonds is 2. The SMILES string of the molecule is O=C(c1cccc([N+](=O)[O-])c1O)N1CC2CC=CCC2C1. The highest BCUT2D eigenvalue weighted by Gasteiger charge is 2.36. The van der Waals surface area contributed by atoms with E-state index < -0.39 is 16.4 Å². The van der Waals surface area contributed by atoms with Crippen LogP contribution in [0.25, 0.3) is 0 Å². The molecular formula is C15H16N2O4. The Kier molecular flexibility index (Phi) is 3.37. The van der Waals surface area contributed by atoms with Crippen molar-refractivity contribution in [3.8, 4) is 5.75 Å². The van der Waals surface area contributed by atoms with Gasteiger partial charge in [0.25, 0.3) is 5.91 Å². The van der Waals surface area contributed by atoms with Crippen LogP contribution < -0.4 is 0 Å². The van der Waals surface area contributed by atoms with Crippen molar-refractivity contribution in [2.45, 2.75) is 12.8 Å². The van der Waals surface area contributed by atoms with Crippen LogP contribution in [0, 0.1) is 22.0 Å². The van der Waals surface area contributed by atoms with Crippen molar-refractivity contribution in [3.05, 3.63) is 46.0 Å². The summed E-state index contributed by atoms with van der Waals surface area (Å²) in [5, 5.41) is 20.8. The van der Waals surface area contributed by atoms with Gasteiger partial charge in [0.15, 0.2) is 0 Å². The van der Waals surface area contributed by atoms with Crippen LogP contribution in [-0.2, 0) is 0 Å². The molecule has 1 aromatic carbocycles. The highest BCUT2D eigenvalue weighted by molar-refractivity contribution is 5.98. The molecule has 1 aromatic rings.